The Labute approximate surface area is 197 Å². The van der Waals surface area contributed by atoms with Crippen LogP contribution in [0.4, 0.5) is 0 Å². The average molecular weight is 462 g/mol. The van der Waals surface area contributed by atoms with E-state index in [0.29, 0.717) is 47.8 Å². The molecule has 0 bridgehead atoms. The molecule has 0 saturated carbocycles. The molecule has 0 spiro atoms. The van der Waals surface area contributed by atoms with Crippen molar-refractivity contribution in [1.82, 2.24) is 9.55 Å². The first-order valence-electron chi connectivity index (χ1n) is 11.2. The van der Waals surface area contributed by atoms with Gasteiger partial charge in [-0.15, -0.1) is 0 Å². The van der Waals surface area contributed by atoms with Crippen LogP contribution in [0.15, 0.2) is 54.9 Å². The lowest BCUT2D eigenvalue weighted by atomic mass is 10.1. The molecule has 2 heterocycles. The van der Waals surface area contributed by atoms with Gasteiger partial charge < -0.3 is 19.9 Å². The van der Waals surface area contributed by atoms with Gasteiger partial charge in [-0.05, 0) is 56.2 Å². The number of ether oxygens (including phenoxy) is 3. The molecule has 1 amide bonds. The van der Waals surface area contributed by atoms with Crippen molar-refractivity contribution < 1.29 is 23.8 Å². The zero-order valence-corrected chi connectivity index (χ0v) is 19.2. The van der Waals surface area contributed by atoms with Gasteiger partial charge in [0.15, 0.2) is 0 Å². The normalized spacial score (nSPS) is 11.1. The lowest BCUT2D eigenvalue weighted by molar-refractivity contribution is 0.0895. The van der Waals surface area contributed by atoms with Crippen LogP contribution in [-0.4, -0.2) is 41.7 Å². The largest absolute Gasteiger partial charge is 0.496 e. The first-order chi connectivity index (χ1) is 16.5. The Morgan fingerprint density at radius 1 is 1.06 bits per heavy atom. The van der Waals surface area contributed by atoms with E-state index in [2.05, 4.69) is 4.98 Å². The van der Waals surface area contributed by atoms with Gasteiger partial charge in [0.2, 0.25) is 5.91 Å². The second kappa shape index (κ2) is 10.4. The Bertz CT molecular complexity index is 1350. The van der Waals surface area contributed by atoms with Gasteiger partial charge in [-0.1, -0.05) is 0 Å². The maximum Gasteiger partial charge on any atom is 0.252 e. The summed E-state index contributed by atoms with van der Waals surface area (Å²) in [4.78, 5) is 28.9. The van der Waals surface area contributed by atoms with E-state index >= 15 is 0 Å². The lowest BCUT2D eigenvalue weighted by Crippen LogP contribution is -2.12. The molecule has 2 N–H and O–H groups in total. The Hall–Kier alpha value is -3.91. The summed E-state index contributed by atoms with van der Waals surface area (Å²) in [5.41, 5.74) is 7.19. The summed E-state index contributed by atoms with van der Waals surface area (Å²) in [7, 11) is 1.47. The number of methoxy groups -OCH3 is 1. The first-order valence-corrected chi connectivity index (χ1v) is 11.2. The van der Waals surface area contributed by atoms with Crippen LogP contribution < -0.4 is 15.2 Å². The summed E-state index contributed by atoms with van der Waals surface area (Å²) in [5.74, 6) is 0.930. The van der Waals surface area contributed by atoms with E-state index in [1.165, 1.54) is 7.11 Å². The third-order valence-electron chi connectivity index (χ3n) is 5.58. The van der Waals surface area contributed by atoms with E-state index in [0.717, 1.165) is 23.7 Å². The molecule has 0 radical (unpaired) electrons. The molecule has 0 aliphatic carbocycles. The van der Waals surface area contributed by atoms with Gasteiger partial charge in [0.05, 0.1) is 23.7 Å². The zero-order chi connectivity index (χ0) is 24.1. The number of benzene rings is 2. The molecule has 8 nitrogen and oxygen atoms in total. The van der Waals surface area contributed by atoms with Crippen LogP contribution >= 0.6 is 0 Å². The fourth-order valence-corrected chi connectivity index (χ4v) is 3.87. The number of pyridine rings is 1. The highest BCUT2D eigenvalue weighted by Crippen LogP contribution is 2.34. The predicted molar refractivity (Wildman–Crippen MR) is 130 cm³/mol. The summed E-state index contributed by atoms with van der Waals surface area (Å²) >= 11 is 0. The zero-order valence-electron chi connectivity index (χ0n) is 19.2. The van der Waals surface area contributed by atoms with Gasteiger partial charge >= 0.3 is 0 Å². The highest BCUT2D eigenvalue weighted by Gasteiger charge is 2.15. The third kappa shape index (κ3) is 4.87. The molecule has 0 aliphatic rings. The van der Waals surface area contributed by atoms with Crippen molar-refractivity contribution in [1.29, 1.82) is 0 Å². The minimum atomic E-state index is -0.598. The lowest BCUT2D eigenvalue weighted by Gasteiger charge is -2.12. The average Bonchev–Trinajstić information content (AvgIpc) is 3.26. The summed E-state index contributed by atoms with van der Waals surface area (Å²) in [6.45, 7) is 3.33. The molecule has 4 rings (SSSR count). The van der Waals surface area contributed by atoms with Gasteiger partial charge in [-0.25, -0.2) is 0 Å². The van der Waals surface area contributed by atoms with Crippen molar-refractivity contribution in [3.8, 4) is 17.2 Å². The number of rotatable bonds is 10. The van der Waals surface area contributed by atoms with E-state index in [1.807, 2.05) is 31.2 Å². The van der Waals surface area contributed by atoms with Crippen LogP contribution in [0, 0.1) is 0 Å². The van der Waals surface area contributed by atoms with E-state index < -0.39 is 5.91 Å². The second-order valence-electron chi connectivity index (χ2n) is 7.80. The van der Waals surface area contributed by atoms with Gasteiger partial charge in [0.25, 0.3) is 5.91 Å². The van der Waals surface area contributed by atoms with Crippen molar-refractivity contribution in [3.63, 3.8) is 0 Å². The van der Waals surface area contributed by atoms with Gasteiger partial charge in [-0.3, -0.25) is 19.1 Å². The van der Waals surface area contributed by atoms with Crippen LogP contribution in [0.2, 0.25) is 0 Å². The Balaban J connectivity index is 1.57. The van der Waals surface area contributed by atoms with Crippen molar-refractivity contribution in [3.05, 3.63) is 60.4 Å². The minimum absolute atomic E-state index is 0.0493. The Morgan fingerprint density at radius 2 is 1.91 bits per heavy atom. The maximum atomic E-state index is 12.7. The van der Waals surface area contributed by atoms with Crippen molar-refractivity contribution in [2.45, 2.75) is 26.2 Å². The van der Waals surface area contributed by atoms with Crippen molar-refractivity contribution >= 4 is 33.6 Å². The molecule has 34 heavy (non-hydrogen) atoms. The molecule has 0 atom stereocenters. The van der Waals surface area contributed by atoms with E-state index in [-0.39, 0.29) is 11.5 Å². The first kappa shape index (κ1) is 23.3. The summed E-state index contributed by atoms with van der Waals surface area (Å²) in [6, 6.07) is 12.4. The molecule has 176 valence electrons. The summed E-state index contributed by atoms with van der Waals surface area (Å²) < 4.78 is 18.4. The third-order valence-corrected chi connectivity index (χ3v) is 5.58. The molecule has 0 fully saturated rings. The van der Waals surface area contributed by atoms with Crippen LogP contribution in [-0.2, 0) is 4.74 Å². The standard InChI is InChI=1S/C26H27N3O5/c1-3-33-13-5-4-6-25(30)29-12-10-17-14-18(7-8-22(17)29)34-23-9-11-28-21-16-24(32-2)20(26(27)31)15-19(21)23/h7-12,14-16H,3-6,13H2,1-2H3,(H2,27,31). The van der Waals surface area contributed by atoms with Crippen LogP contribution in [0.25, 0.3) is 21.8 Å². The molecule has 4 aromatic rings. The fraction of sp³-hybridized carbons (Fsp3) is 0.269. The van der Waals surface area contributed by atoms with E-state index in [1.54, 1.807) is 35.2 Å². The second-order valence-corrected chi connectivity index (χ2v) is 7.80. The molecule has 0 aliphatic heterocycles. The number of fused-ring (bicyclic) bond motifs is 2. The quantitative estimate of drug-likeness (QED) is 0.336. The Morgan fingerprint density at radius 3 is 2.68 bits per heavy atom. The topological polar surface area (TPSA) is 106 Å². The number of amides is 1. The smallest absolute Gasteiger partial charge is 0.252 e. The van der Waals surface area contributed by atoms with Gasteiger partial charge in [0.1, 0.15) is 17.2 Å². The molecule has 2 aromatic heterocycles. The number of aromatic nitrogens is 2. The summed E-state index contributed by atoms with van der Waals surface area (Å²) in [5, 5.41) is 1.52. The molecule has 0 unspecified atom stereocenters. The predicted octanol–water partition coefficient (Wildman–Crippen LogP) is 4.94. The van der Waals surface area contributed by atoms with Gasteiger partial charge in [-0.2, -0.15) is 0 Å². The molecule has 2 aromatic carbocycles. The highest BCUT2D eigenvalue weighted by molar-refractivity contribution is 6.01. The number of unbranched alkanes of at least 4 members (excludes halogenated alkanes) is 1. The number of carbonyl (C=O) groups excluding carboxylic acids is 2. The van der Waals surface area contributed by atoms with Crippen molar-refractivity contribution in [2.75, 3.05) is 20.3 Å². The number of hydrogen-bond donors (Lipinski definition) is 1. The number of carbonyl (C=O) groups is 2. The van der Waals surface area contributed by atoms with Crippen LogP contribution in [0.1, 0.15) is 41.3 Å². The van der Waals surface area contributed by atoms with Crippen LogP contribution in [0.3, 0.4) is 0 Å². The van der Waals surface area contributed by atoms with Crippen LogP contribution in [0.5, 0.6) is 17.2 Å². The Kier molecular flexibility index (Phi) is 7.08. The fourth-order valence-electron chi connectivity index (χ4n) is 3.87. The number of nitrogens with two attached hydrogens (primary N) is 1. The number of primary amides is 1. The molecular weight excluding hydrogens is 434 g/mol. The van der Waals surface area contributed by atoms with Crippen molar-refractivity contribution in [2.24, 2.45) is 5.73 Å². The highest BCUT2D eigenvalue weighted by atomic mass is 16.5. The molecular formula is C26H27N3O5. The van der Waals surface area contributed by atoms with E-state index in [4.69, 9.17) is 19.9 Å². The number of nitrogens with zero attached hydrogens (tertiary/aromatic N) is 2. The molecule has 0 saturated heterocycles. The molecule has 8 heteroatoms. The number of hydrogen-bond acceptors (Lipinski definition) is 6. The van der Waals surface area contributed by atoms with Gasteiger partial charge in [0, 0.05) is 48.9 Å². The summed E-state index contributed by atoms with van der Waals surface area (Å²) in [6.07, 6.45) is 5.52. The monoisotopic (exact) mass is 461 g/mol. The maximum absolute atomic E-state index is 12.7. The SMILES string of the molecule is CCOCCCCC(=O)n1ccc2cc(Oc3ccnc4cc(OC)c(C(N)=O)cc34)ccc21. The van der Waals surface area contributed by atoms with E-state index in [9.17, 15) is 9.59 Å². The minimum Gasteiger partial charge on any atom is -0.496 e.